The number of rotatable bonds is 2. The van der Waals surface area contributed by atoms with E-state index in [0.717, 1.165) is 25.7 Å². The minimum absolute atomic E-state index is 0.192. The highest BCUT2D eigenvalue weighted by Crippen LogP contribution is 2.37. The first kappa shape index (κ1) is 10.9. The molecule has 2 atom stereocenters. The Morgan fingerprint density at radius 1 is 1.27 bits per heavy atom. The molecule has 2 unspecified atom stereocenters. The molecule has 1 heterocycles. The zero-order chi connectivity index (χ0) is 10.9. The predicted octanol–water partition coefficient (Wildman–Crippen LogP) is 1.10. The average molecular weight is 228 g/mol. The van der Waals surface area contributed by atoms with Gasteiger partial charge in [0.15, 0.2) is 5.75 Å². The summed E-state index contributed by atoms with van der Waals surface area (Å²) < 4.78 is 25.2. The highest BCUT2D eigenvalue weighted by Gasteiger charge is 2.41. The van der Waals surface area contributed by atoms with Gasteiger partial charge in [-0.3, -0.25) is 0 Å². The van der Waals surface area contributed by atoms with E-state index in [4.69, 9.17) is 5.26 Å². The van der Waals surface area contributed by atoms with E-state index in [2.05, 4.69) is 0 Å². The van der Waals surface area contributed by atoms with E-state index in [0.29, 0.717) is 12.5 Å². The van der Waals surface area contributed by atoms with Crippen molar-refractivity contribution in [2.45, 2.75) is 38.1 Å². The minimum atomic E-state index is -3.31. The van der Waals surface area contributed by atoms with Crippen LogP contribution in [0.2, 0.25) is 0 Å². The third kappa shape index (κ3) is 2.01. The highest BCUT2D eigenvalue weighted by atomic mass is 32.2. The number of fused-ring (bicyclic) bond motifs is 1. The maximum Gasteiger partial charge on any atom is 0.227 e. The largest absolute Gasteiger partial charge is 0.227 e. The van der Waals surface area contributed by atoms with Crippen molar-refractivity contribution in [2.24, 2.45) is 5.92 Å². The van der Waals surface area contributed by atoms with Crippen LogP contribution >= 0.6 is 0 Å². The molecule has 2 rings (SSSR count). The molecule has 1 aliphatic carbocycles. The Labute approximate surface area is 90.9 Å². The molecule has 0 spiro atoms. The molecule has 1 saturated carbocycles. The molecule has 0 N–H and O–H groups in total. The molecule has 1 saturated heterocycles. The van der Waals surface area contributed by atoms with Gasteiger partial charge in [-0.25, -0.2) is 8.42 Å². The monoisotopic (exact) mass is 228 g/mol. The van der Waals surface area contributed by atoms with Crippen LogP contribution in [0.25, 0.3) is 0 Å². The SMILES string of the molecule is N#CCS(=O)(=O)N1CCC2CCCCC21. The van der Waals surface area contributed by atoms with Gasteiger partial charge in [-0.2, -0.15) is 9.57 Å². The van der Waals surface area contributed by atoms with Gasteiger partial charge in [0.05, 0.1) is 6.07 Å². The summed E-state index contributed by atoms with van der Waals surface area (Å²) in [7, 11) is -3.31. The molecular weight excluding hydrogens is 212 g/mol. The van der Waals surface area contributed by atoms with Gasteiger partial charge in [-0.15, -0.1) is 0 Å². The topological polar surface area (TPSA) is 61.2 Å². The second kappa shape index (κ2) is 4.11. The second-order valence-corrected chi connectivity index (χ2v) is 6.35. The van der Waals surface area contributed by atoms with Crippen LogP contribution in [0.1, 0.15) is 32.1 Å². The molecule has 0 bridgehead atoms. The van der Waals surface area contributed by atoms with Gasteiger partial charge in [0.2, 0.25) is 10.0 Å². The number of nitriles is 1. The van der Waals surface area contributed by atoms with Gasteiger partial charge in [0, 0.05) is 12.6 Å². The highest BCUT2D eigenvalue weighted by molar-refractivity contribution is 7.89. The predicted molar refractivity (Wildman–Crippen MR) is 56.5 cm³/mol. The average Bonchev–Trinajstić information content (AvgIpc) is 2.61. The molecule has 0 aromatic carbocycles. The van der Waals surface area contributed by atoms with Crippen molar-refractivity contribution < 1.29 is 8.42 Å². The van der Waals surface area contributed by atoms with Crippen LogP contribution in [0.4, 0.5) is 0 Å². The quantitative estimate of drug-likeness (QED) is 0.711. The lowest BCUT2D eigenvalue weighted by Gasteiger charge is -2.30. The van der Waals surface area contributed by atoms with Crippen molar-refractivity contribution in [3.05, 3.63) is 0 Å². The van der Waals surface area contributed by atoms with Crippen LogP contribution in [-0.2, 0) is 10.0 Å². The van der Waals surface area contributed by atoms with Gasteiger partial charge in [-0.1, -0.05) is 12.8 Å². The van der Waals surface area contributed by atoms with Crippen LogP contribution in [0, 0.1) is 17.2 Å². The molecule has 4 nitrogen and oxygen atoms in total. The van der Waals surface area contributed by atoms with Crippen molar-refractivity contribution >= 4 is 10.0 Å². The normalized spacial score (nSPS) is 32.2. The summed E-state index contributed by atoms with van der Waals surface area (Å²) in [4.78, 5) is 0. The molecule has 84 valence electrons. The lowest BCUT2D eigenvalue weighted by atomic mass is 9.86. The summed E-state index contributed by atoms with van der Waals surface area (Å²) in [6.45, 7) is 0.624. The fourth-order valence-electron chi connectivity index (χ4n) is 2.87. The molecule has 0 radical (unpaired) electrons. The molecule has 5 heteroatoms. The summed E-state index contributed by atoms with van der Waals surface area (Å²) in [6.07, 6.45) is 5.47. The molecule has 2 fully saturated rings. The van der Waals surface area contributed by atoms with E-state index in [9.17, 15) is 8.42 Å². The van der Waals surface area contributed by atoms with Gasteiger partial charge in [0.25, 0.3) is 0 Å². The first-order valence-electron chi connectivity index (χ1n) is 5.51. The number of hydrogen-bond acceptors (Lipinski definition) is 3. The second-order valence-electron chi connectivity index (χ2n) is 4.43. The fraction of sp³-hybridized carbons (Fsp3) is 0.900. The van der Waals surface area contributed by atoms with E-state index in [1.807, 2.05) is 0 Å². The first-order chi connectivity index (χ1) is 7.15. The van der Waals surface area contributed by atoms with E-state index >= 15 is 0 Å². The zero-order valence-electron chi connectivity index (χ0n) is 8.72. The maximum atomic E-state index is 11.8. The minimum Gasteiger partial charge on any atom is -0.211 e. The maximum absolute atomic E-state index is 11.8. The summed E-state index contributed by atoms with van der Waals surface area (Å²) in [6, 6.07) is 1.94. The molecule has 15 heavy (non-hydrogen) atoms. The van der Waals surface area contributed by atoms with E-state index in [-0.39, 0.29) is 11.8 Å². The Morgan fingerprint density at radius 3 is 2.73 bits per heavy atom. The summed E-state index contributed by atoms with van der Waals surface area (Å²) in [5, 5.41) is 8.50. The zero-order valence-corrected chi connectivity index (χ0v) is 9.54. The fourth-order valence-corrected chi connectivity index (χ4v) is 4.28. The van der Waals surface area contributed by atoms with Crippen molar-refractivity contribution in [1.29, 1.82) is 5.26 Å². The van der Waals surface area contributed by atoms with Crippen LogP contribution < -0.4 is 0 Å². The first-order valence-corrected chi connectivity index (χ1v) is 7.12. The third-order valence-electron chi connectivity index (χ3n) is 3.56. The van der Waals surface area contributed by atoms with Crippen molar-refractivity contribution in [2.75, 3.05) is 12.3 Å². The summed E-state index contributed by atoms with van der Waals surface area (Å²) in [5.74, 6) is 0.183. The standard InChI is InChI=1S/C10H16N2O2S/c11-6-8-15(13,14)12-7-5-9-3-1-2-4-10(9)12/h9-10H,1-5,7-8H2. The van der Waals surface area contributed by atoms with Crippen LogP contribution in [0.15, 0.2) is 0 Å². The Hall–Kier alpha value is -0.600. The molecule has 0 amide bonds. The van der Waals surface area contributed by atoms with E-state index in [1.165, 1.54) is 6.42 Å². The van der Waals surface area contributed by atoms with Crippen LogP contribution in [0.5, 0.6) is 0 Å². The van der Waals surface area contributed by atoms with Gasteiger partial charge in [0.1, 0.15) is 0 Å². The third-order valence-corrected chi connectivity index (χ3v) is 5.23. The van der Waals surface area contributed by atoms with E-state index < -0.39 is 10.0 Å². The van der Waals surface area contributed by atoms with Gasteiger partial charge in [-0.05, 0) is 25.2 Å². The van der Waals surface area contributed by atoms with E-state index in [1.54, 1.807) is 10.4 Å². The van der Waals surface area contributed by atoms with Crippen LogP contribution in [0.3, 0.4) is 0 Å². The van der Waals surface area contributed by atoms with Crippen molar-refractivity contribution in [1.82, 2.24) is 4.31 Å². The number of hydrogen-bond donors (Lipinski definition) is 0. The van der Waals surface area contributed by atoms with Gasteiger partial charge >= 0.3 is 0 Å². The lowest BCUT2D eigenvalue weighted by Crippen LogP contribution is -2.40. The Kier molecular flexibility index (Phi) is 2.98. The van der Waals surface area contributed by atoms with Crippen LogP contribution in [-0.4, -0.2) is 31.1 Å². The molecule has 1 aliphatic heterocycles. The Morgan fingerprint density at radius 2 is 2.00 bits per heavy atom. The smallest absolute Gasteiger partial charge is 0.211 e. The summed E-state index contributed by atoms with van der Waals surface area (Å²) >= 11 is 0. The lowest BCUT2D eigenvalue weighted by molar-refractivity contribution is 0.261. The number of nitrogens with zero attached hydrogens (tertiary/aromatic N) is 2. The molecule has 0 aromatic rings. The molecule has 2 aliphatic rings. The molecular formula is C10H16N2O2S. The molecule has 0 aromatic heterocycles. The summed E-state index contributed by atoms with van der Waals surface area (Å²) in [5.41, 5.74) is 0. The Bertz CT molecular complexity index is 371. The Balaban J connectivity index is 2.15. The number of sulfonamides is 1. The van der Waals surface area contributed by atoms with Crippen molar-refractivity contribution in [3.63, 3.8) is 0 Å². The van der Waals surface area contributed by atoms with Gasteiger partial charge < -0.3 is 0 Å². The van der Waals surface area contributed by atoms with Crippen molar-refractivity contribution in [3.8, 4) is 6.07 Å².